The summed E-state index contributed by atoms with van der Waals surface area (Å²) in [5.74, 6) is 0.104. The van der Waals surface area contributed by atoms with Gasteiger partial charge in [-0.2, -0.15) is 0 Å². The molecule has 0 spiro atoms. The van der Waals surface area contributed by atoms with E-state index < -0.39 is 11.9 Å². The summed E-state index contributed by atoms with van der Waals surface area (Å²) in [7, 11) is 3.04. The molecule has 0 aromatic heterocycles. The Morgan fingerprint density at radius 2 is 1.46 bits per heavy atom. The van der Waals surface area contributed by atoms with E-state index in [0.29, 0.717) is 5.56 Å². The van der Waals surface area contributed by atoms with Crippen molar-refractivity contribution in [3.63, 3.8) is 0 Å². The van der Waals surface area contributed by atoms with Gasteiger partial charge in [-0.05, 0) is 127 Å². The summed E-state index contributed by atoms with van der Waals surface area (Å²) in [6.07, 6.45) is 6.39. The Balaban J connectivity index is 1.01. The van der Waals surface area contributed by atoms with Crippen LogP contribution < -0.4 is 19.7 Å². The monoisotopic (exact) mass is 694 g/mol. The predicted octanol–water partition coefficient (Wildman–Crippen LogP) is 8.15. The molecule has 1 N–H and O–H groups in total. The third-order valence-corrected chi connectivity index (χ3v) is 10.6. The molecule has 5 aromatic carbocycles. The Hall–Kier alpha value is -5.56. The average Bonchev–Trinajstić information content (AvgIpc) is 3.84. The highest BCUT2D eigenvalue weighted by atomic mass is 16.5. The molecule has 7 rings (SSSR count). The minimum Gasteiger partial charge on any atom is -0.497 e. The van der Waals surface area contributed by atoms with Crippen LogP contribution in [0.1, 0.15) is 65.2 Å². The summed E-state index contributed by atoms with van der Waals surface area (Å²) in [5, 5.41) is 3.52. The highest BCUT2D eigenvalue weighted by Crippen LogP contribution is 2.34. The van der Waals surface area contributed by atoms with Crippen molar-refractivity contribution >= 4 is 23.3 Å². The number of anilines is 2. The van der Waals surface area contributed by atoms with Crippen LogP contribution in [0.4, 0.5) is 11.4 Å². The minimum atomic E-state index is -0.538. The molecule has 0 unspecified atom stereocenters. The van der Waals surface area contributed by atoms with Gasteiger partial charge < -0.3 is 24.4 Å². The van der Waals surface area contributed by atoms with E-state index in [4.69, 9.17) is 14.2 Å². The first kappa shape index (κ1) is 34.9. The number of para-hydroxylation sites is 2. The summed E-state index contributed by atoms with van der Waals surface area (Å²) < 4.78 is 16.5. The molecule has 5 aromatic rings. The zero-order chi connectivity index (χ0) is 36.0. The van der Waals surface area contributed by atoms with E-state index >= 15 is 0 Å². The summed E-state index contributed by atoms with van der Waals surface area (Å²) in [6.45, 7) is 4.85. The number of methoxy groups -OCH3 is 2. The quantitative estimate of drug-likeness (QED) is 0.0985. The number of ether oxygens (including phenoxy) is 3. The number of esters is 2. The van der Waals surface area contributed by atoms with Gasteiger partial charge in [0.25, 0.3) is 0 Å². The lowest BCUT2D eigenvalue weighted by atomic mass is 9.96. The van der Waals surface area contributed by atoms with Crippen LogP contribution in [-0.2, 0) is 49.7 Å². The lowest BCUT2D eigenvalue weighted by Crippen LogP contribution is -2.24. The van der Waals surface area contributed by atoms with E-state index in [1.54, 1.807) is 13.2 Å². The molecular weight excluding hydrogens is 649 g/mol. The summed E-state index contributed by atoms with van der Waals surface area (Å²) in [4.78, 5) is 28.8. The fraction of sp³-hybridized carbons (Fsp3) is 0.289. The molecular formula is C45H46N2O5. The smallest absolute Gasteiger partial charge is 0.343 e. The van der Waals surface area contributed by atoms with Crippen LogP contribution >= 0.6 is 0 Å². The van der Waals surface area contributed by atoms with E-state index in [2.05, 4.69) is 64.8 Å². The second kappa shape index (κ2) is 15.8. The van der Waals surface area contributed by atoms with E-state index in [9.17, 15) is 9.59 Å². The van der Waals surface area contributed by atoms with Gasteiger partial charge in [0.15, 0.2) is 0 Å². The number of carbonyl (C=O) groups is 2. The molecule has 0 saturated carbocycles. The van der Waals surface area contributed by atoms with E-state index in [-0.39, 0.29) is 11.3 Å². The van der Waals surface area contributed by atoms with Crippen molar-refractivity contribution in [1.29, 1.82) is 0 Å². The molecule has 266 valence electrons. The average molecular weight is 695 g/mol. The first-order valence-electron chi connectivity index (χ1n) is 18.3. The van der Waals surface area contributed by atoms with Crippen molar-refractivity contribution in [2.24, 2.45) is 0 Å². The van der Waals surface area contributed by atoms with Crippen LogP contribution in [0.2, 0.25) is 0 Å². The van der Waals surface area contributed by atoms with Crippen molar-refractivity contribution in [1.82, 2.24) is 0 Å². The Kier molecular flexibility index (Phi) is 10.6. The third-order valence-electron chi connectivity index (χ3n) is 10.6. The number of fused-ring (bicyclic) bond motifs is 2. The number of hydrogen-bond donors (Lipinski definition) is 1. The molecule has 7 heteroatoms. The maximum atomic E-state index is 13.5. The number of nitrogens with one attached hydrogen (secondary N) is 1. The van der Waals surface area contributed by atoms with Gasteiger partial charge in [-0.25, -0.2) is 9.59 Å². The van der Waals surface area contributed by atoms with Crippen LogP contribution in [0.15, 0.2) is 97.1 Å². The fourth-order valence-corrected chi connectivity index (χ4v) is 7.67. The van der Waals surface area contributed by atoms with Gasteiger partial charge in [-0.3, -0.25) is 0 Å². The lowest BCUT2D eigenvalue weighted by molar-refractivity contribution is 0.0592. The molecule has 0 saturated heterocycles. The topological polar surface area (TPSA) is 77.1 Å². The fourth-order valence-electron chi connectivity index (χ4n) is 7.67. The minimum absolute atomic E-state index is 0.240. The Labute approximate surface area is 306 Å². The summed E-state index contributed by atoms with van der Waals surface area (Å²) >= 11 is 0. The van der Waals surface area contributed by atoms with E-state index in [0.717, 1.165) is 87.0 Å². The Bertz CT molecular complexity index is 2090. The third kappa shape index (κ3) is 7.54. The molecule has 0 radical (unpaired) electrons. The number of carbonyl (C=O) groups excluding carboxylic acids is 2. The molecule has 0 amide bonds. The normalized spacial score (nSPS) is 12.9. The first-order valence-corrected chi connectivity index (χ1v) is 18.3. The van der Waals surface area contributed by atoms with Crippen LogP contribution in [0, 0.1) is 6.92 Å². The largest absolute Gasteiger partial charge is 0.497 e. The van der Waals surface area contributed by atoms with E-state index in [1.807, 2.05) is 43.3 Å². The van der Waals surface area contributed by atoms with Crippen LogP contribution in [0.5, 0.6) is 11.5 Å². The lowest BCUT2D eigenvalue weighted by Gasteiger charge is -2.22. The van der Waals surface area contributed by atoms with Gasteiger partial charge in [0.2, 0.25) is 0 Å². The van der Waals surface area contributed by atoms with Crippen molar-refractivity contribution < 1.29 is 23.8 Å². The molecule has 2 heterocycles. The van der Waals surface area contributed by atoms with Crippen molar-refractivity contribution in [3.05, 3.63) is 153 Å². The summed E-state index contributed by atoms with van der Waals surface area (Å²) in [5.41, 5.74) is 12.9. The zero-order valence-electron chi connectivity index (χ0n) is 30.3. The maximum Gasteiger partial charge on any atom is 0.343 e. The van der Waals surface area contributed by atoms with Gasteiger partial charge in [-0.15, -0.1) is 0 Å². The van der Waals surface area contributed by atoms with Gasteiger partial charge in [-0.1, -0.05) is 66.7 Å². The van der Waals surface area contributed by atoms with Crippen molar-refractivity contribution in [2.75, 3.05) is 44.1 Å². The molecule has 52 heavy (non-hydrogen) atoms. The van der Waals surface area contributed by atoms with Crippen LogP contribution in [0.3, 0.4) is 0 Å². The molecule has 7 nitrogen and oxygen atoms in total. The van der Waals surface area contributed by atoms with Crippen molar-refractivity contribution in [2.45, 2.75) is 51.9 Å². The molecule has 0 fully saturated rings. The SMILES string of the molecule is COC(=O)c1ccc(CCc2cccc3c2NCC3)c(C)c1OC(=O)c1ccc(CCc2cccc3c2N(CCc2cccc(OC)c2)CC3)cc1. The standard InChI is InChI=1S/C45H46N2O5/c1-30-33(19-20-34-8-5-9-35-23-26-46-41(34)35)21-22-40(45(49)51-3)43(30)52-44(48)38-17-14-31(15-18-38)13-16-36-10-6-11-37-25-28-47(42(36)37)27-24-32-7-4-12-39(29-32)50-2/h4-12,14-15,17-18,21-22,29,46H,13,16,19-20,23-28H2,1-3H3. The number of aryl methyl sites for hydroxylation is 4. The molecule has 0 bridgehead atoms. The zero-order valence-corrected chi connectivity index (χ0v) is 30.3. The van der Waals surface area contributed by atoms with Gasteiger partial charge >= 0.3 is 11.9 Å². The number of hydrogen-bond acceptors (Lipinski definition) is 7. The summed E-state index contributed by atoms with van der Waals surface area (Å²) in [6, 6.07) is 32.7. The van der Waals surface area contributed by atoms with Gasteiger partial charge in [0.05, 0.1) is 19.8 Å². The van der Waals surface area contributed by atoms with Gasteiger partial charge in [0.1, 0.15) is 17.1 Å². The second-order valence-corrected chi connectivity index (χ2v) is 13.7. The highest BCUT2D eigenvalue weighted by molar-refractivity contribution is 5.97. The molecule has 0 atom stereocenters. The molecule has 0 aliphatic carbocycles. The highest BCUT2D eigenvalue weighted by Gasteiger charge is 2.24. The number of rotatable bonds is 13. The predicted molar refractivity (Wildman–Crippen MR) is 206 cm³/mol. The second-order valence-electron chi connectivity index (χ2n) is 13.7. The van der Waals surface area contributed by atoms with Crippen molar-refractivity contribution in [3.8, 4) is 11.5 Å². The Morgan fingerprint density at radius 3 is 2.27 bits per heavy atom. The van der Waals surface area contributed by atoms with Crippen LogP contribution in [0.25, 0.3) is 0 Å². The first-order chi connectivity index (χ1) is 25.4. The molecule has 2 aliphatic heterocycles. The Morgan fingerprint density at radius 1 is 0.712 bits per heavy atom. The number of benzene rings is 5. The molecule has 2 aliphatic rings. The van der Waals surface area contributed by atoms with E-state index in [1.165, 1.54) is 46.3 Å². The van der Waals surface area contributed by atoms with Gasteiger partial charge in [0, 0.05) is 31.0 Å². The maximum absolute atomic E-state index is 13.5. The van der Waals surface area contributed by atoms with Crippen LogP contribution in [-0.4, -0.2) is 45.8 Å². The number of nitrogens with zero attached hydrogens (tertiary/aromatic N) is 1.